The first-order chi connectivity index (χ1) is 9.28. The van der Waals surface area contributed by atoms with Crippen LogP contribution >= 0.6 is 28.3 Å². The molecule has 1 aliphatic heterocycles. The fourth-order valence-corrected chi connectivity index (χ4v) is 4.01. The third-order valence-electron chi connectivity index (χ3n) is 4.60. The van der Waals surface area contributed by atoms with Gasteiger partial charge in [-0.05, 0) is 40.4 Å². The van der Waals surface area contributed by atoms with Crippen molar-refractivity contribution in [3.8, 4) is 0 Å². The lowest BCUT2D eigenvalue weighted by atomic mass is 9.79. The van der Waals surface area contributed by atoms with Crippen LogP contribution in [0.5, 0.6) is 0 Å². The van der Waals surface area contributed by atoms with Crippen molar-refractivity contribution in [2.75, 3.05) is 19.6 Å². The lowest BCUT2D eigenvalue weighted by Crippen LogP contribution is -2.61. The molecule has 0 amide bonds. The minimum atomic E-state index is 0. The third-order valence-corrected chi connectivity index (χ3v) is 5.04. The number of hydrogen-bond donors (Lipinski definition) is 1. The normalized spacial score (nSPS) is 22.4. The van der Waals surface area contributed by atoms with Crippen molar-refractivity contribution < 1.29 is 0 Å². The Labute approximate surface area is 136 Å². The molecule has 2 heterocycles. The van der Waals surface area contributed by atoms with Crippen LogP contribution in [0.3, 0.4) is 0 Å². The lowest BCUT2D eigenvalue weighted by molar-refractivity contribution is 0.0208. The van der Waals surface area contributed by atoms with Crippen LogP contribution in [-0.4, -0.2) is 35.1 Å². The Balaban J connectivity index is 0.00000147. The van der Waals surface area contributed by atoms with Gasteiger partial charge in [0.2, 0.25) is 0 Å². The quantitative estimate of drug-likeness (QED) is 0.876. The second kappa shape index (κ2) is 7.21. The van der Waals surface area contributed by atoms with Crippen LogP contribution in [0.15, 0.2) is 22.9 Å². The molecule has 1 spiro atoms. The molecule has 1 aromatic rings. The highest BCUT2D eigenvalue weighted by Gasteiger charge is 2.39. The Kier molecular flexibility index (Phi) is 5.84. The maximum atomic E-state index is 4.29. The number of pyridine rings is 1. The molecule has 3 nitrogen and oxygen atoms in total. The van der Waals surface area contributed by atoms with Gasteiger partial charge >= 0.3 is 0 Å². The Hall–Kier alpha value is -0.160. The molecular weight excluding hydrogens is 338 g/mol. The summed E-state index contributed by atoms with van der Waals surface area (Å²) in [5.41, 5.74) is 1.72. The van der Waals surface area contributed by atoms with Crippen LogP contribution < -0.4 is 5.32 Å². The molecule has 2 aliphatic rings. The minimum absolute atomic E-state index is 0. The second-order valence-corrected chi connectivity index (χ2v) is 6.81. The molecule has 2 fully saturated rings. The number of aromatic nitrogens is 1. The van der Waals surface area contributed by atoms with Crippen LogP contribution in [-0.2, 0) is 6.54 Å². The number of nitrogens with zero attached hydrogens (tertiary/aromatic N) is 2. The Morgan fingerprint density at radius 2 is 2.05 bits per heavy atom. The van der Waals surface area contributed by atoms with E-state index in [9.17, 15) is 0 Å². The van der Waals surface area contributed by atoms with Gasteiger partial charge in [0.05, 0.1) is 0 Å². The molecule has 1 N–H and O–H groups in total. The van der Waals surface area contributed by atoms with Gasteiger partial charge in [0.15, 0.2) is 0 Å². The molecule has 1 saturated heterocycles. The standard InChI is InChI=1S/C15H22BrN3.ClH/c16-14-8-13(9-18-10-14)11-19-7-6-17-12-15(19)4-2-1-3-5-15;/h8-10,17H,1-7,11-12H2;1H. The van der Waals surface area contributed by atoms with E-state index in [-0.39, 0.29) is 12.4 Å². The maximum Gasteiger partial charge on any atom is 0.0410 e. The first-order valence-corrected chi connectivity index (χ1v) is 8.13. The molecule has 0 bridgehead atoms. The topological polar surface area (TPSA) is 28.2 Å². The van der Waals surface area contributed by atoms with Crippen molar-refractivity contribution in [3.05, 3.63) is 28.5 Å². The summed E-state index contributed by atoms with van der Waals surface area (Å²) < 4.78 is 1.08. The smallest absolute Gasteiger partial charge is 0.0410 e. The number of nitrogens with one attached hydrogen (secondary N) is 1. The molecule has 20 heavy (non-hydrogen) atoms. The van der Waals surface area contributed by atoms with Gasteiger partial charge < -0.3 is 5.32 Å². The third kappa shape index (κ3) is 3.53. The average Bonchev–Trinajstić information content (AvgIpc) is 2.43. The molecule has 0 aromatic carbocycles. The van der Waals surface area contributed by atoms with Crippen molar-refractivity contribution in [2.24, 2.45) is 0 Å². The van der Waals surface area contributed by atoms with Gasteiger partial charge in [0.25, 0.3) is 0 Å². The molecule has 0 atom stereocenters. The summed E-state index contributed by atoms with van der Waals surface area (Å²) in [6.07, 6.45) is 10.7. The summed E-state index contributed by atoms with van der Waals surface area (Å²) >= 11 is 3.52. The Bertz CT molecular complexity index is 427. The zero-order valence-electron chi connectivity index (χ0n) is 11.8. The van der Waals surface area contributed by atoms with Gasteiger partial charge in [-0.3, -0.25) is 9.88 Å². The van der Waals surface area contributed by atoms with Gasteiger partial charge in [-0.25, -0.2) is 0 Å². The van der Waals surface area contributed by atoms with Crippen molar-refractivity contribution in [1.82, 2.24) is 15.2 Å². The molecule has 112 valence electrons. The predicted molar refractivity (Wildman–Crippen MR) is 88.3 cm³/mol. The number of piperazine rings is 1. The first-order valence-electron chi connectivity index (χ1n) is 7.34. The molecule has 5 heteroatoms. The first kappa shape index (κ1) is 16.2. The van der Waals surface area contributed by atoms with Crippen molar-refractivity contribution in [1.29, 1.82) is 0 Å². The minimum Gasteiger partial charge on any atom is -0.314 e. The van der Waals surface area contributed by atoms with Crippen LogP contribution in [0, 0.1) is 0 Å². The van der Waals surface area contributed by atoms with Gasteiger partial charge in [-0.15, -0.1) is 12.4 Å². The molecule has 3 rings (SSSR count). The molecule has 1 aliphatic carbocycles. The van der Waals surface area contributed by atoms with E-state index in [2.05, 4.69) is 37.2 Å². The lowest BCUT2D eigenvalue weighted by Gasteiger charge is -2.50. The van der Waals surface area contributed by atoms with Crippen molar-refractivity contribution in [2.45, 2.75) is 44.2 Å². The Morgan fingerprint density at radius 1 is 1.25 bits per heavy atom. The van der Waals surface area contributed by atoms with E-state index in [0.29, 0.717) is 5.54 Å². The Morgan fingerprint density at radius 3 is 2.80 bits per heavy atom. The summed E-state index contributed by atoms with van der Waals surface area (Å²) in [6, 6.07) is 2.20. The van der Waals surface area contributed by atoms with E-state index >= 15 is 0 Å². The summed E-state index contributed by atoms with van der Waals surface area (Å²) in [4.78, 5) is 6.99. The largest absolute Gasteiger partial charge is 0.314 e. The summed E-state index contributed by atoms with van der Waals surface area (Å²) in [7, 11) is 0. The average molecular weight is 361 g/mol. The van der Waals surface area contributed by atoms with Crippen molar-refractivity contribution in [3.63, 3.8) is 0 Å². The van der Waals surface area contributed by atoms with Gasteiger partial charge in [-0.2, -0.15) is 0 Å². The van der Waals surface area contributed by atoms with Crippen LogP contribution in [0.4, 0.5) is 0 Å². The van der Waals surface area contributed by atoms with Gasteiger partial charge in [0.1, 0.15) is 0 Å². The van der Waals surface area contributed by atoms with Crippen molar-refractivity contribution >= 4 is 28.3 Å². The van der Waals surface area contributed by atoms with E-state index in [0.717, 1.165) is 30.7 Å². The summed E-state index contributed by atoms with van der Waals surface area (Å²) in [5.74, 6) is 0. The fraction of sp³-hybridized carbons (Fsp3) is 0.667. The predicted octanol–water partition coefficient (Wildman–Crippen LogP) is 3.37. The number of halogens is 2. The number of rotatable bonds is 2. The molecule has 0 unspecified atom stereocenters. The zero-order chi connectivity index (χ0) is 13.1. The second-order valence-electron chi connectivity index (χ2n) is 5.89. The van der Waals surface area contributed by atoms with E-state index in [1.165, 1.54) is 37.7 Å². The summed E-state index contributed by atoms with van der Waals surface area (Å²) in [5, 5.41) is 3.61. The van der Waals surface area contributed by atoms with Crippen LogP contribution in [0.1, 0.15) is 37.7 Å². The van der Waals surface area contributed by atoms with E-state index in [1.54, 1.807) is 0 Å². The van der Waals surface area contributed by atoms with Gasteiger partial charge in [0, 0.05) is 48.6 Å². The maximum absolute atomic E-state index is 4.29. The summed E-state index contributed by atoms with van der Waals surface area (Å²) in [6.45, 7) is 4.47. The van der Waals surface area contributed by atoms with E-state index in [4.69, 9.17) is 0 Å². The molecular formula is C15H23BrClN3. The monoisotopic (exact) mass is 359 g/mol. The SMILES string of the molecule is Brc1cncc(CN2CCNCC23CCCCC3)c1.Cl. The highest BCUT2D eigenvalue weighted by Crippen LogP contribution is 2.35. The molecule has 1 aromatic heterocycles. The van der Waals surface area contributed by atoms with E-state index < -0.39 is 0 Å². The highest BCUT2D eigenvalue weighted by molar-refractivity contribution is 9.10. The van der Waals surface area contributed by atoms with Crippen LogP contribution in [0.2, 0.25) is 0 Å². The van der Waals surface area contributed by atoms with E-state index in [1.807, 2.05) is 12.4 Å². The number of hydrogen-bond acceptors (Lipinski definition) is 3. The molecule has 0 radical (unpaired) electrons. The fourth-order valence-electron chi connectivity index (χ4n) is 3.60. The zero-order valence-corrected chi connectivity index (χ0v) is 14.2. The highest BCUT2D eigenvalue weighted by atomic mass is 79.9. The van der Waals surface area contributed by atoms with Gasteiger partial charge in [-0.1, -0.05) is 19.3 Å². The van der Waals surface area contributed by atoms with Crippen LogP contribution in [0.25, 0.3) is 0 Å². The molecule has 1 saturated carbocycles.